The number of hydrogen-bond donors (Lipinski definition) is 1. The molecular weight excluding hydrogens is 458 g/mol. The molecule has 3 aromatic carbocycles. The molecule has 0 aromatic heterocycles. The Labute approximate surface area is 209 Å². The van der Waals surface area contributed by atoms with Gasteiger partial charge in [0.15, 0.2) is 0 Å². The van der Waals surface area contributed by atoms with Gasteiger partial charge in [0, 0.05) is 11.1 Å². The molecule has 1 saturated heterocycles. The lowest BCUT2D eigenvalue weighted by Gasteiger charge is -2.28. The first kappa shape index (κ1) is 24.7. The zero-order valence-corrected chi connectivity index (χ0v) is 20.6. The molecule has 1 N–H and O–H groups in total. The standard InChI is InChI=1S/C28H27N3O5/c1-17-13-18(2)15-21(14-17)30-25(32)16-24(28(30)35)31(27(34)20-9-11-22(36-4)12-10-20)29-26(33)23-8-6-5-7-19(23)3/h5-15,24H,16H2,1-4H3,(H,29,33). The zero-order chi connectivity index (χ0) is 26.0. The molecule has 1 unspecified atom stereocenters. The van der Waals surface area contributed by atoms with E-state index < -0.39 is 29.7 Å². The van der Waals surface area contributed by atoms with Crippen LogP contribution in [0.3, 0.4) is 0 Å². The lowest BCUT2D eigenvalue weighted by atomic mass is 10.1. The number of amides is 4. The molecule has 1 aliphatic heterocycles. The van der Waals surface area contributed by atoms with Crippen molar-refractivity contribution in [2.75, 3.05) is 12.0 Å². The third-order valence-electron chi connectivity index (χ3n) is 6.07. The summed E-state index contributed by atoms with van der Waals surface area (Å²) in [5, 5.41) is 0.972. The average Bonchev–Trinajstić information content (AvgIpc) is 3.15. The smallest absolute Gasteiger partial charge is 0.273 e. The summed E-state index contributed by atoms with van der Waals surface area (Å²) in [6.07, 6.45) is -0.262. The Morgan fingerprint density at radius 3 is 2.19 bits per heavy atom. The van der Waals surface area contributed by atoms with Crippen molar-refractivity contribution < 1.29 is 23.9 Å². The van der Waals surface area contributed by atoms with Crippen molar-refractivity contribution in [3.05, 3.63) is 94.5 Å². The van der Waals surface area contributed by atoms with Gasteiger partial charge in [-0.05, 0) is 79.9 Å². The van der Waals surface area contributed by atoms with Gasteiger partial charge in [-0.3, -0.25) is 24.6 Å². The first-order valence-electron chi connectivity index (χ1n) is 11.5. The second kappa shape index (κ2) is 10.0. The van der Waals surface area contributed by atoms with Gasteiger partial charge in [-0.1, -0.05) is 24.3 Å². The van der Waals surface area contributed by atoms with E-state index in [1.807, 2.05) is 19.9 Å². The van der Waals surface area contributed by atoms with Crippen LogP contribution in [-0.4, -0.2) is 41.8 Å². The highest BCUT2D eigenvalue weighted by Gasteiger charge is 2.45. The highest BCUT2D eigenvalue weighted by Crippen LogP contribution is 2.28. The maximum atomic E-state index is 13.6. The van der Waals surface area contributed by atoms with Gasteiger partial charge in [0.05, 0.1) is 19.2 Å². The second-order valence-electron chi connectivity index (χ2n) is 8.79. The topological polar surface area (TPSA) is 96.0 Å². The number of anilines is 1. The SMILES string of the molecule is COc1ccc(C(=O)N(NC(=O)c2ccccc2C)C2CC(=O)N(c3cc(C)cc(C)c3)C2=O)cc1. The number of hydrogen-bond acceptors (Lipinski definition) is 5. The number of methoxy groups -OCH3 is 1. The maximum Gasteiger partial charge on any atom is 0.273 e. The summed E-state index contributed by atoms with van der Waals surface area (Å²) in [4.78, 5) is 54.4. The molecule has 0 spiro atoms. The van der Waals surface area contributed by atoms with Crippen LogP contribution in [0.1, 0.15) is 43.8 Å². The number of imide groups is 1. The first-order valence-corrected chi connectivity index (χ1v) is 11.5. The number of carbonyl (C=O) groups is 4. The number of rotatable bonds is 5. The van der Waals surface area contributed by atoms with Crippen molar-refractivity contribution in [2.45, 2.75) is 33.2 Å². The fourth-order valence-corrected chi connectivity index (χ4v) is 4.31. The van der Waals surface area contributed by atoms with E-state index in [0.29, 0.717) is 22.6 Å². The van der Waals surface area contributed by atoms with Crippen molar-refractivity contribution in [1.29, 1.82) is 0 Å². The van der Waals surface area contributed by atoms with E-state index in [4.69, 9.17) is 4.74 Å². The summed E-state index contributed by atoms with van der Waals surface area (Å²) in [5.74, 6) is -1.66. The normalized spacial score (nSPS) is 15.1. The summed E-state index contributed by atoms with van der Waals surface area (Å²) >= 11 is 0. The predicted octanol–water partition coefficient (Wildman–Crippen LogP) is 3.74. The Hall–Kier alpha value is -4.46. The van der Waals surface area contributed by atoms with E-state index in [0.717, 1.165) is 21.0 Å². The van der Waals surface area contributed by atoms with Crippen molar-refractivity contribution in [3.63, 3.8) is 0 Å². The van der Waals surface area contributed by atoms with E-state index >= 15 is 0 Å². The zero-order valence-electron chi connectivity index (χ0n) is 20.6. The summed E-state index contributed by atoms with van der Waals surface area (Å²) in [7, 11) is 1.51. The molecule has 0 bridgehead atoms. The quantitative estimate of drug-likeness (QED) is 0.439. The lowest BCUT2D eigenvalue weighted by Crippen LogP contribution is -2.54. The lowest BCUT2D eigenvalue weighted by molar-refractivity contribution is -0.122. The second-order valence-corrected chi connectivity index (χ2v) is 8.79. The highest BCUT2D eigenvalue weighted by molar-refractivity contribution is 6.23. The Balaban J connectivity index is 1.71. The number of aryl methyl sites for hydroxylation is 3. The van der Waals surface area contributed by atoms with Gasteiger partial charge in [-0.2, -0.15) is 0 Å². The van der Waals surface area contributed by atoms with E-state index in [1.165, 1.54) is 19.2 Å². The van der Waals surface area contributed by atoms with Crippen LogP contribution in [0.5, 0.6) is 5.75 Å². The molecule has 184 valence electrons. The number of hydrazine groups is 1. The Morgan fingerprint density at radius 1 is 0.944 bits per heavy atom. The van der Waals surface area contributed by atoms with Crippen LogP contribution in [0, 0.1) is 20.8 Å². The minimum atomic E-state index is -1.21. The average molecular weight is 486 g/mol. The summed E-state index contributed by atoms with van der Waals surface area (Å²) in [6, 6.07) is 17.4. The van der Waals surface area contributed by atoms with E-state index in [9.17, 15) is 19.2 Å². The van der Waals surface area contributed by atoms with Gasteiger partial charge in [0.1, 0.15) is 11.8 Å². The largest absolute Gasteiger partial charge is 0.497 e. The molecule has 3 aromatic rings. The van der Waals surface area contributed by atoms with Crippen LogP contribution in [0.15, 0.2) is 66.7 Å². The third-order valence-corrected chi connectivity index (χ3v) is 6.07. The maximum absolute atomic E-state index is 13.6. The van der Waals surface area contributed by atoms with E-state index in [-0.39, 0.29) is 12.0 Å². The number of nitrogens with one attached hydrogen (secondary N) is 1. The minimum absolute atomic E-state index is 0.228. The van der Waals surface area contributed by atoms with Crippen molar-refractivity contribution in [1.82, 2.24) is 10.4 Å². The molecule has 1 aliphatic rings. The molecule has 8 nitrogen and oxygen atoms in total. The molecule has 36 heavy (non-hydrogen) atoms. The Bertz CT molecular complexity index is 1330. The summed E-state index contributed by atoms with van der Waals surface area (Å²) in [6.45, 7) is 5.53. The molecule has 1 atom stereocenters. The van der Waals surface area contributed by atoms with Gasteiger partial charge < -0.3 is 4.74 Å². The number of benzene rings is 3. The molecule has 4 rings (SSSR count). The van der Waals surface area contributed by atoms with Crippen molar-refractivity contribution in [3.8, 4) is 5.75 Å². The molecule has 4 amide bonds. The van der Waals surface area contributed by atoms with Gasteiger partial charge in [0.25, 0.3) is 17.7 Å². The van der Waals surface area contributed by atoms with Crippen molar-refractivity contribution in [2.24, 2.45) is 0 Å². The molecule has 0 radical (unpaired) electrons. The Kier molecular flexibility index (Phi) is 6.87. The fourth-order valence-electron chi connectivity index (χ4n) is 4.31. The number of nitrogens with zero attached hydrogens (tertiary/aromatic N) is 2. The highest BCUT2D eigenvalue weighted by atomic mass is 16.5. The third kappa shape index (κ3) is 4.84. The fraction of sp³-hybridized carbons (Fsp3) is 0.214. The molecule has 8 heteroatoms. The van der Waals surface area contributed by atoms with Crippen LogP contribution in [0.2, 0.25) is 0 Å². The van der Waals surface area contributed by atoms with Crippen molar-refractivity contribution >= 4 is 29.3 Å². The van der Waals surface area contributed by atoms with Crippen LogP contribution in [0.25, 0.3) is 0 Å². The van der Waals surface area contributed by atoms with Crippen LogP contribution in [0.4, 0.5) is 5.69 Å². The molecule has 1 fully saturated rings. The number of ether oxygens (including phenoxy) is 1. The predicted molar refractivity (Wildman–Crippen MR) is 135 cm³/mol. The van der Waals surface area contributed by atoms with Gasteiger partial charge in [0.2, 0.25) is 5.91 Å². The van der Waals surface area contributed by atoms with Crippen LogP contribution >= 0.6 is 0 Å². The van der Waals surface area contributed by atoms with Gasteiger partial charge in [-0.15, -0.1) is 0 Å². The van der Waals surface area contributed by atoms with Crippen LogP contribution < -0.4 is 15.1 Å². The molecule has 1 heterocycles. The monoisotopic (exact) mass is 485 g/mol. The minimum Gasteiger partial charge on any atom is -0.497 e. The summed E-state index contributed by atoms with van der Waals surface area (Å²) < 4.78 is 5.16. The first-order chi connectivity index (χ1) is 17.2. The molecule has 0 aliphatic carbocycles. The van der Waals surface area contributed by atoms with E-state index in [1.54, 1.807) is 55.5 Å². The summed E-state index contributed by atoms with van der Waals surface area (Å²) in [5.41, 5.74) is 6.12. The van der Waals surface area contributed by atoms with Gasteiger partial charge in [-0.25, -0.2) is 9.91 Å². The molecular formula is C28H27N3O5. The van der Waals surface area contributed by atoms with Gasteiger partial charge >= 0.3 is 0 Å². The number of carbonyl (C=O) groups excluding carboxylic acids is 4. The van der Waals surface area contributed by atoms with E-state index in [2.05, 4.69) is 5.43 Å². The Morgan fingerprint density at radius 2 is 1.58 bits per heavy atom. The van der Waals surface area contributed by atoms with Crippen LogP contribution in [-0.2, 0) is 9.59 Å². The molecule has 0 saturated carbocycles.